The topological polar surface area (TPSA) is 89.3 Å². The van der Waals surface area contributed by atoms with Crippen molar-refractivity contribution in [2.24, 2.45) is 7.05 Å². The van der Waals surface area contributed by atoms with Crippen LogP contribution in [0.5, 0.6) is 0 Å². The summed E-state index contributed by atoms with van der Waals surface area (Å²) >= 11 is 0. The van der Waals surface area contributed by atoms with Crippen molar-refractivity contribution in [3.8, 4) is 0 Å². The Morgan fingerprint density at radius 3 is 2.67 bits per heavy atom. The number of carbonyl (C=O) groups excluding carboxylic acids is 1. The van der Waals surface area contributed by atoms with Crippen LogP contribution in [0.4, 0.5) is 5.69 Å². The van der Waals surface area contributed by atoms with E-state index in [0.717, 1.165) is 22.2 Å². The average Bonchev–Trinajstić information content (AvgIpc) is 2.94. The van der Waals surface area contributed by atoms with Crippen LogP contribution in [0.25, 0.3) is 11.0 Å². The molecule has 142 valence electrons. The van der Waals surface area contributed by atoms with Crippen molar-refractivity contribution in [3.63, 3.8) is 0 Å². The lowest BCUT2D eigenvalue weighted by atomic mass is 10.1. The Balaban J connectivity index is 1.96. The third-order valence-corrected chi connectivity index (χ3v) is 4.46. The summed E-state index contributed by atoms with van der Waals surface area (Å²) in [4.78, 5) is 16.7. The molecular weight excluding hydrogens is 344 g/mol. The minimum Gasteiger partial charge on any atom is -0.462 e. The van der Waals surface area contributed by atoms with E-state index in [1.807, 2.05) is 38.1 Å². The molecule has 3 aromatic rings. The monoisotopic (exact) mass is 368 g/mol. The highest BCUT2D eigenvalue weighted by atomic mass is 16.5. The van der Waals surface area contributed by atoms with E-state index in [1.165, 1.54) is 6.20 Å². The second-order valence-corrected chi connectivity index (χ2v) is 6.48. The minimum absolute atomic E-state index is 0.239. The number of hydrogen-bond donors (Lipinski definition) is 2. The number of aliphatic hydroxyl groups excluding tert-OH is 1. The molecule has 0 amide bonds. The van der Waals surface area contributed by atoms with E-state index in [1.54, 1.807) is 18.7 Å². The molecule has 2 heterocycles. The number of fused-ring (bicyclic) bond motifs is 1. The van der Waals surface area contributed by atoms with Gasteiger partial charge in [-0.25, -0.2) is 9.78 Å². The van der Waals surface area contributed by atoms with Gasteiger partial charge < -0.3 is 15.2 Å². The first kappa shape index (κ1) is 18.8. The summed E-state index contributed by atoms with van der Waals surface area (Å²) in [5.41, 5.74) is 4.25. The van der Waals surface area contributed by atoms with E-state index < -0.39 is 12.1 Å². The zero-order valence-electron chi connectivity index (χ0n) is 16.0. The van der Waals surface area contributed by atoms with Gasteiger partial charge in [-0.3, -0.25) is 4.68 Å². The van der Waals surface area contributed by atoms with Crippen LogP contribution in [-0.2, 0) is 11.8 Å². The first-order chi connectivity index (χ1) is 12.9. The van der Waals surface area contributed by atoms with Gasteiger partial charge in [0.2, 0.25) is 0 Å². The van der Waals surface area contributed by atoms with Crippen LogP contribution in [-0.4, -0.2) is 39.0 Å². The number of pyridine rings is 1. The van der Waals surface area contributed by atoms with Gasteiger partial charge >= 0.3 is 5.97 Å². The maximum absolute atomic E-state index is 12.4. The van der Waals surface area contributed by atoms with Gasteiger partial charge in [0, 0.05) is 19.8 Å². The van der Waals surface area contributed by atoms with E-state index in [4.69, 9.17) is 4.74 Å². The van der Waals surface area contributed by atoms with Crippen LogP contribution < -0.4 is 5.32 Å². The fourth-order valence-electron chi connectivity index (χ4n) is 3.06. The van der Waals surface area contributed by atoms with Gasteiger partial charge in [-0.15, -0.1) is 0 Å². The lowest BCUT2D eigenvalue weighted by Gasteiger charge is -2.16. The summed E-state index contributed by atoms with van der Waals surface area (Å²) in [6, 6.07) is 7.70. The molecule has 7 heteroatoms. The van der Waals surface area contributed by atoms with Crippen molar-refractivity contribution in [1.82, 2.24) is 14.8 Å². The summed E-state index contributed by atoms with van der Waals surface area (Å²) in [7, 11) is 1.80. The van der Waals surface area contributed by atoms with Gasteiger partial charge in [0.05, 0.1) is 29.5 Å². The highest BCUT2D eigenvalue weighted by molar-refractivity contribution is 6.05. The molecule has 1 aromatic carbocycles. The number of esters is 1. The lowest BCUT2D eigenvalue weighted by Crippen LogP contribution is -2.16. The summed E-state index contributed by atoms with van der Waals surface area (Å²) < 4.78 is 6.83. The lowest BCUT2D eigenvalue weighted by molar-refractivity contribution is 0.0527. The molecule has 7 nitrogen and oxygen atoms in total. The van der Waals surface area contributed by atoms with Gasteiger partial charge in [-0.2, -0.15) is 5.10 Å². The Morgan fingerprint density at radius 2 is 2.00 bits per heavy atom. The molecule has 0 fully saturated rings. The normalized spacial score (nSPS) is 12.2. The number of aliphatic hydroxyl groups is 1. The Hall–Kier alpha value is -2.93. The maximum Gasteiger partial charge on any atom is 0.341 e. The molecule has 0 aliphatic heterocycles. The molecule has 0 aliphatic rings. The summed E-state index contributed by atoms with van der Waals surface area (Å²) in [5, 5.41) is 18.9. The minimum atomic E-state index is -0.721. The largest absolute Gasteiger partial charge is 0.462 e. The van der Waals surface area contributed by atoms with Crippen LogP contribution in [0.3, 0.4) is 0 Å². The smallest absolute Gasteiger partial charge is 0.341 e. The van der Waals surface area contributed by atoms with Crippen LogP contribution in [0.15, 0.2) is 30.5 Å². The van der Waals surface area contributed by atoms with Crippen molar-refractivity contribution in [3.05, 3.63) is 52.8 Å². The number of aryl methyl sites for hydroxylation is 3. The van der Waals surface area contributed by atoms with Crippen molar-refractivity contribution >= 4 is 22.7 Å². The third-order valence-electron chi connectivity index (χ3n) is 4.46. The van der Waals surface area contributed by atoms with Crippen LogP contribution >= 0.6 is 0 Å². The molecule has 0 radical (unpaired) electrons. The quantitative estimate of drug-likeness (QED) is 0.650. The van der Waals surface area contributed by atoms with Gasteiger partial charge in [-0.05, 0) is 26.3 Å². The maximum atomic E-state index is 12.4. The zero-order chi connectivity index (χ0) is 19.6. The standard InChI is InChI=1S/C20H24N4O3/c1-5-27-20(26)15-10-22-19-17(13(3)23-24(19)4)18(15)21-11-16(25)14-8-6-12(2)7-9-14/h6-10,16,25H,5,11H2,1-4H3,(H,21,22). The first-order valence-electron chi connectivity index (χ1n) is 8.90. The first-order valence-corrected chi connectivity index (χ1v) is 8.90. The Labute approximate surface area is 158 Å². The third kappa shape index (κ3) is 3.78. The Bertz CT molecular complexity index is 964. The van der Waals surface area contributed by atoms with Crippen molar-refractivity contribution in [2.75, 3.05) is 18.5 Å². The molecular formula is C20H24N4O3. The molecule has 3 rings (SSSR count). The van der Waals surface area contributed by atoms with Crippen LogP contribution in [0.2, 0.25) is 0 Å². The second-order valence-electron chi connectivity index (χ2n) is 6.48. The number of anilines is 1. The number of benzene rings is 1. The van der Waals surface area contributed by atoms with Crippen molar-refractivity contribution in [1.29, 1.82) is 0 Å². The summed E-state index contributed by atoms with van der Waals surface area (Å²) in [6.07, 6.45) is 0.767. The highest BCUT2D eigenvalue weighted by Crippen LogP contribution is 2.29. The van der Waals surface area contributed by atoms with E-state index in [2.05, 4.69) is 15.4 Å². The molecule has 0 spiro atoms. The molecule has 2 N–H and O–H groups in total. The number of aromatic nitrogens is 3. The molecule has 1 atom stereocenters. The van der Waals surface area contributed by atoms with E-state index in [-0.39, 0.29) is 13.2 Å². The SMILES string of the molecule is CCOC(=O)c1cnc2c(c(C)nn2C)c1NCC(O)c1ccc(C)cc1. The fourth-order valence-corrected chi connectivity index (χ4v) is 3.06. The number of nitrogens with zero attached hydrogens (tertiary/aromatic N) is 3. The van der Waals surface area contributed by atoms with Gasteiger partial charge in [0.25, 0.3) is 0 Å². The predicted octanol–water partition coefficient (Wildman–Crippen LogP) is 2.91. The van der Waals surface area contributed by atoms with E-state index in [9.17, 15) is 9.90 Å². The summed E-state index contributed by atoms with van der Waals surface area (Å²) in [6.45, 7) is 6.13. The molecule has 0 aliphatic carbocycles. The number of carbonyl (C=O) groups is 1. The molecule has 0 saturated heterocycles. The van der Waals surface area contributed by atoms with E-state index in [0.29, 0.717) is 16.9 Å². The Morgan fingerprint density at radius 1 is 1.30 bits per heavy atom. The van der Waals surface area contributed by atoms with Crippen molar-refractivity contribution in [2.45, 2.75) is 26.9 Å². The van der Waals surface area contributed by atoms with E-state index >= 15 is 0 Å². The van der Waals surface area contributed by atoms with Gasteiger partial charge in [0.15, 0.2) is 5.65 Å². The van der Waals surface area contributed by atoms with Gasteiger partial charge in [-0.1, -0.05) is 29.8 Å². The number of ether oxygens (including phenoxy) is 1. The number of rotatable bonds is 6. The predicted molar refractivity (Wildman–Crippen MR) is 104 cm³/mol. The molecule has 0 saturated carbocycles. The molecule has 1 unspecified atom stereocenters. The number of nitrogens with one attached hydrogen (secondary N) is 1. The van der Waals surface area contributed by atoms with Gasteiger partial charge in [0.1, 0.15) is 5.56 Å². The Kier molecular flexibility index (Phi) is 5.41. The fraction of sp³-hybridized carbons (Fsp3) is 0.350. The summed E-state index contributed by atoms with van der Waals surface area (Å²) in [5.74, 6) is -0.456. The molecule has 0 bridgehead atoms. The van der Waals surface area contributed by atoms with Crippen molar-refractivity contribution < 1.29 is 14.6 Å². The molecule has 2 aromatic heterocycles. The second kappa shape index (κ2) is 7.75. The average molecular weight is 368 g/mol. The van der Waals surface area contributed by atoms with Crippen LogP contribution in [0, 0.1) is 13.8 Å². The number of hydrogen-bond acceptors (Lipinski definition) is 6. The highest BCUT2D eigenvalue weighted by Gasteiger charge is 2.21. The van der Waals surface area contributed by atoms with Crippen LogP contribution in [0.1, 0.15) is 40.2 Å². The zero-order valence-corrected chi connectivity index (χ0v) is 16.0. The molecule has 27 heavy (non-hydrogen) atoms.